The highest BCUT2D eigenvalue weighted by Gasteiger charge is 2.49. The standard InChI is InChI=1S/C14H20N2O2/c1-15-10-4-6-12(15)13(17)18-14-8-3-5-11(7-9-14)16(14)2/h4,6,10-11H,3,5,7-9H2,1-2H3/t11-,14-/m1/s1. The molecule has 2 aliphatic rings. The molecule has 2 fully saturated rings. The fraction of sp³-hybridized carbons (Fsp3) is 0.643. The van der Waals surface area contributed by atoms with Crippen LogP contribution in [0, 0.1) is 0 Å². The van der Waals surface area contributed by atoms with E-state index in [2.05, 4.69) is 11.9 Å². The maximum atomic E-state index is 12.3. The molecule has 2 saturated heterocycles. The molecular formula is C14H20N2O2. The van der Waals surface area contributed by atoms with Gasteiger partial charge in [-0.2, -0.15) is 0 Å². The molecule has 2 bridgehead atoms. The number of aromatic nitrogens is 1. The van der Waals surface area contributed by atoms with E-state index in [-0.39, 0.29) is 11.7 Å². The minimum Gasteiger partial charge on any atom is -0.439 e. The van der Waals surface area contributed by atoms with Gasteiger partial charge in [-0.25, -0.2) is 4.79 Å². The minimum absolute atomic E-state index is 0.197. The number of carbonyl (C=O) groups is 1. The third kappa shape index (κ3) is 1.67. The number of fused-ring (bicyclic) bond motifs is 2. The van der Waals surface area contributed by atoms with Crippen LogP contribution in [-0.4, -0.2) is 34.3 Å². The summed E-state index contributed by atoms with van der Waals surface area (Å²) in [7, 11) is 3.96. The highest BCUT2D eigenvalue weighted by Crippen LogP contribution is 2.43. The zero-order valence-electron chi connectivity index (χ0n) is 11.1. The summed E-state index contributed by atoms with van der Waals surface area (Å²) in [6.07, 6.45) is 7.36. The lowest BCUT2D eigenvalue weighted by atomic mass is 10.0. The van der Waals surface area contributed by atoms with Crippen LogP contribution in [0.4, 0.5) is 0 Å². The van der Waals surface area contributed by atoms with E-state index in [0.717, 1.165) is 25.7 Å². The molecule has 0 radical (unpaired) electrons. The molecule has 4 heteroatoms. The van der Waals surface area contributed by atoms with Crippen LogP contribution in [0.2, 0.25) is 0 Å². The number of ether oxygens (including phenoxy) is 1. The first-order chi connectivity index (χ1) is 8.62. The number of piperidine rings is 1. The normalized spacial score (nSPS) is 31.6. The maximum Gasteiger partial charge on any atom is 0.356 e. The highest BCUT2D eigenvalue weighted by atomic mass is 16.6. The Hall–Kier alpha value is -1.29. The zero-order valence-corrected chi connectivity index (χ0v) is 11.1. The number of hydrogen-bond donors (Lipinski definition) is 0. The predicted molar refractivity (Wildman–Crippen MR) is 68.2 cm³/mol. The first kappa shape index (κ1) is 11.8. The number of carbonyl (C=O) groups excluding carboxylic acids is 1. The summed E-state index contributed by atoms with van der Waals surface area (Å²) in [6.45, 7) is 0. The molecule has 98 valence electrons. The summed E-state index contributed by atoms with van der Waals surface area (Å²) < 4.78 is 7.69. The smallest absolute Gasteiger partial charge is 0.356 e. The van der Waals surface area contributed by atoms with Gasteiger partial charge in [0, 0.05) is 32.1 Å². The Morgan fingerprint density at radius 2 is 2.22 bits per heavy atom. The average molecular weight is 248 g/mol. The van der Waals surface area contributed by atoms with E-state index in [1.54, 1.807) is 0 Å². The van der Waals surface area contributed by atoms with Gasteiger partial charge in [0.15, 0.2) is 5.72 Å². The van der Waals surface area contributed by atoms with Gasteiger partial charge in [-0.1, -0.05) is 0 Å². The molecule has 0 saturated carbocycles. The second-order valence-corrected chi connectivity index (χ2v) is 5.54. The molecule has 3 rings (SSSR count). The molecule has 18 heavy (non-hydrogen) atoms. The molecule has 1 aromatic rings. The van der Waals surface area contributed by atoms with Gasteiger partial charge in [0.2, 0.25) is 0 Å². The summed E-state index contributed by atoms with van der Waals surface area (Å²) in [5.74, 6) is -0.197. The Morgan fingerprint density at radius 3 is 2.94 bits per heavy atom. The molecule has 0 aliphatic carbocycles. The topological polar surface area (TPSA) is 34.5 Å². The van der Waals surface area contributed by atoms with E-state index in [4.69, 9.17) is 4.74 Å². The van der Waals surface area contributed by atoms with E-state index in [1.807, 2.05) is 29.9 Å². The van der Waals surface area contributed by atoms with Crippen molar-refractivity contribution in [2.24, 2.45) is 7.05 Å². The summed E-state index contributed by atoms with van der Waals surface area (Å²) in [5, 5.41) is 0. The van der Waals surface area contributed by atoms with E-state index in [9.17, 15) is 4.79 Å². The number of nitrogens with zero attached hydrogens (tertiary/aromatic N) is 2. The largest absolute Gasteiger partial charge is 0.439 e. The number of rotatable bonds is 2. The molecule has 0 N–H and O–H groups in total. The van der Waals surface area contributed by atoms with Crippen molar-refractivity contribution in [3.05, 3.63) is 24.0 Å². The van der Waals surface area contributed by atoms with Crippen molar-refractivity contribution in [2.75, 3.05) is 7.05 Å². The van der Waals surface area contributed by atoms with Crippen molar-refractivity contribution in [1.82, 2.24) is 9.47 Å². The van der Waals surface area contributed by atoms with Crippen LogP contribution >= 0.6 is 0 Å². The lowest BCUT2D eigenvalue weighted by Gasteiger charge is -2.41. The molecule has 0 amide bonds. The Balaban J connectivity index is 1.80. The Labute approximate surface area is 108 Å². The molecule has 4 nitrogen and oxygen atoms in total. The van der Waals surface area contributed by atoms with Gasteiger partial charge in [0.1, 0.15) is 5.69 Å². The van der Waals surface area contributed by atoms with Gasteiger partial charge in [-0.15, -0.1) is 0 Å². The monoisotopic (exact) mass is 248 g/mol. The van der Waals surface area contributed by atoms with Crippen LogP contribution < -0.4 is 0 Å². The van der Waals surface area contributed by atoms with Crippen LogP contribution in [0.25, 0.3) is 0 Å². The van der Waals surface area contributed by atoms with Crippen LogP contribution in [0.15, 0.2) is 18.3 Å². The van der Waals surface area contributed by atoms with Crippen molar-refractivity contribution in [1.29, 1.82) is 0 Å². The quantitative estimate of drug-likeness (QED) is 0.752. The van der Waals surface area contributed by atoms with E-state index in [1.165, 1.54) is 6.42 Å². The molecular weight excluding hydrogens is 228 g/mol. The Kier molecular flexibility index (Phi) is 2.70. The minimum atomic E-state index is -0.343. The third-order valence-corrected chi connectivity index (χ3v) is 4.60. The first-order valence-corrected chi connectivity index (χ1v) is 6.70. The van der Waals surface area contributed by atoms with Crippen LogP contribution in [0.3, 0.4) is 0 Å². The fourth-order valence-corrected chi connectivity index (χ4v) is 3.42. The van der Waals surface area contributed by atoms with Crippen LogP contribution in [0.1, 0.15) is 42.6 Å². The molecule has 2 atom stereocenters. The van der Waals surface area contributed by atoms with E-state index < -0.39 is 0 Å². The zero-order chi connectivity index (χ0) is 12.8. The molecule has 0 spiro atoms. The molecule has 3 heterocycles. The van der Waals surface area contributed by atoms with Gasteiger partial charge in [0.05, 0.1) is 0 Å². The first-order valence-electron chi connectivity index (χ1n) is 6.70. The van der Waals surface area contributed by atoms with Crippen molar-refractivity contribution in [3.8, 4) is 0 Å². The SMILES string of the molecule is CN1[C@@H]2CCC[C@@]1(OC(=O)c1cccn1C)CC2. The summed E-state index contributed by atoms with van der Waals surface area (Å²) >= 11 is 0. The van der Waals surface area contributed by atoms with Gasteiger partial charge in [0.25, 0.3) is 0 Å². The number of esters is 1. The van der Waals surface area contributed by atoms with Crippen LogP contribution in [0.5, 0.6) is 0 Å². The molecule has 2 aliphatic heterocycles. The van der Waals surface area contributed by atoms with Crippen molar-refractivity contribution in [3.63, 3.8) is 0 Å². The van der Waals surface area contributed by atoms with Gasteiger partial charge >= 0.3 is 5.97 Å². The Morgan fingerprint density at radius 1 is 1.39 bits per heavy atom. The van der Waals surface area contributed by atoms with Gasteiger partial charge in [-0.3, -0.25) is 4.90 Å². The van der Waals surface area contributed by atoms with E-state index in [0.29, 0.717) is 11.7 Å². The summed E-state index contributed by atoms with van der Waals surface area (Å²) in [5.41, 5.74) is 0.288. The second kappa shape index (κ2) is 4.12. The second-order valence-electron chi connectivity index (χ2n) is 5.54. The van der Waals surface area contributed by atoms with Crippen molar-refractivity contribution in [2.45, 2.75) is 43.9 Å². The number of aryl methyl sites for hydroxylation is 1. The van der Waals surface area contributed by atoms with Crippen molar-refractivity contribution >= 4 is 5.97 Å². The fourth-order valence-electron chi connectivity index (χ4n) is 3.42. The van der Waals surface area contributed by atoms with Crippen molar-refractivity contribution < 1.29 is 9.53 Å². The summed E-state index contributed by atoms with van der Waals surface area (Å²) in [6, 6.07) is 4.28. The maximum absolute atomic E-state index is 12.3. The van der Waals surface area contributed by atoms with E-state index >= 15 is 0 Å². The molecule has 1 aromatic heterocycles. The lowest BCUT2D eigenvalue weighted by Crippen LogP contribution is -2.50. The summed E-state index contributed by atoms with van der Waals surface area (Å²) in [4.78, 5) is 14.5. The third-order valence-electron chi connectivity index (χ3n) is 4.60. The number of hydrogen-bond acceptors (Lipinski definition) is 3. The Bertz CT molecular complexity index is 464. The molecule has 0 unspecified atom stereocenters. The van der Waals surface area contributed by atoms with Gasteiger partial charge < -0.3 is 9.30 Å². The molecule has 0 aromatic carbocycles. The average Bonchev–Trinajstić information content (AvgIpc) is 2.80. The van der Waals surface area contributed by atoms with Crippen LogP contribution in [-0.2, 0) is 11.8 Å². The van der Waals surface area contributed by atoms with Gasteiger partial charge in [-0.05, 0) is 38.4 Å². The predicted octanol–water partition coefficient (Wildman–Crippen LogP) is 2.16. The highest BCUT2D eigenvalue weighted by molar-refractivity contribution is 5.88. The lowest BCUT2D eigenvalue weighted by molar-refractivity contribution is -0.116.